The van der Waals surface area contributed by atoms with Gasteiger partial charge in [0.05, 0.1) is 0 Å². The van der Waals surface area contributed by atoms with Crippen molar-refractivity contribution in [1.82, 2.24) is 10.2 Å². The number of aliphatic hydroxyl groups excluding tert-OH is 1. The number of nitrogens with zero attached hydrogens (tertiary/aromatic N) is 1. The lowest BCUT2D eigenvalue weighted by molar-refractivity contribution is 0.156. The Labute approximate surface area is 106 Å². The number of rotatable bonds is 6. The van der Waals surface area contributed by atoms with Crippen LogP contribution in [0.5, 0.6) is 0 Å². The molecule has 1 saturated carbocycles. The lowest BCUT2D eigenvalue weighted by Crippen LogP contribution is -2.45. The van der Waals surface area contributed by atoms with E-state index in [2.05, 4.69) is 17.1 Å². The SMILES string of the molecule is CCNC(CCO)CN1CCC2CCCCC21. The molecule has 1 saturated heterocycles. The van der Waals surface area contributed by atoms with E-state index in [1.165, 1.54) is 38.6 Å². The van der Waals surface area contributed by atoms with Crippen LogP contribution < -0.4 is 5.32 Å². The Kier molecular flexibility index (Phi) is 5.26. The van der Waals surface area contributed by atoms with Crippen LogP contribution in [0.3, 0.4) is 0 Å². The number of likely N-dealkylation sites (N-methyl/N-ethyl adjacent to an activating group) is 1. The van der Waals surface area contributed by atoms with E-state index >= 15 is 0 Å². The third kappa shape index (κ3) is 3.43. The van der Waals surface area contributed by atoms with Crippen LogP contribution in [-0.4, -0.2) is 48.3 Å². The quantitative estimate of drug-likeness (QED) is 0.740. The highest BCUT2D eigenvalue weighted by Gasteiger charge is 2.36. The minimum Gasteiger partial charge on any atom is -0.396 e. The van der Waals surface area contributed by atoms with Gasteiger partial charge < -0.3 is 10.4 Å². The Balaban J connectivity index is 1.84. The number of fused-ring (bicyclic) bond motifs is 1. The van der Waals surface area contributed by atoms with Crippen LogP contribution >= 0.6 is 0 Å². The summed E-state index contributed by atoms with van der Waals surface area (Å²) in [6, 6.07) is 1.33. The van der Waals surface area contributed by atoms with Crippen molar-refractivity contribution in [3.8, 4) is 0 Å². The van der Waals surface area contributed by atoms with Gasteiger partial charge in [0.1, 0.15) is 0 Å². The van der Waals surface area contributed by atoms with Gasteiger partial charge in [0.15, 0.2) is 0 Å². The molecule has 3 heteroatoms. The van der Waals surface area contributed by atoms with E-state index in [4.69, 9.17) is 5.11 Å². The van der Waals surface area contributed by atoms with E-state index < -0.39 is 0 Å². The number of aliphatic hydroxyl groups is 1. The second-order valence-corrected chi connectivity index (χ2v) is 5.66. The molecule has 0 aromatic heterocycles. The molecule has 0 aromatic rings. The van der Waals surface area contributed by atoms with Crippen LogP contribution in [0.25, 0.3) is 0 Å². The van der Waals surface area contributed by atoms with Crippen LogP contribution in [0.1, 0.15) is 45.4 Å². The summed E-state index contributed by atoms with van der Waals surface area (Å²) in [4.78, 5) is 2.69. The molecule has 2 rings (SSSR count). The fourth-order valence-corrected chi connectivity index (χ4v) is 3.72. The molecule has 100 valence electrons. The highest BCUT2D eigenvalue weighted by Crippen LogP contribution is 2.36. The van der Waals surface area contributed by atoms with Crippen molar-refractivity contribution in [3.63, 3.8) is 0 Å². The van der Waals surface area contributed by atoms with Crippen molar-refractivity contribution < 1.29 is 5.11 Å². The van der Waals surface area contributed by atoms with Gasteiger partial charge in [-0.05, 0) is 44.7 Å². The Morgan fingerprint density at radius 1 is 1.29 bits per heavy atom. The van der Waals surface area contributed by atoms with Crippen molar-refractivity contribution in [2.75, 3.05) is 26.2 Å². The maximum Gasteiger partial charge on any atom is 0.0446 e. The smallest absolute Gasteiger partial charge is 0.0446 e. The van der Waals surface area contributed by atoms with E-state index in [-0.39, 0.29) is 0 Å². The van der Waals surface area contributed by atoms with Gasteiger partial charge in [-0.2, -0.15) is 0 Å². The number of likely N-dealkylation sites (tertiary alicyclic amines) is 1. The lowest BCUT2D eigenvalue weighted by Gasteiger charge is -2.34. The van der Waals surface area contributed by atoms with Crippen LogP contribution in [0.15, 0.2) is 0 Å². The highest BCUT2D eigenvalue weighted by molar-refractivity contribution is 4.91. The first-order chi connectivity index (χ1) is 8.35. The zero-order chi connectivity index (χ0) is 12.1. The summed E-state index contributed by atoms with van der Waals surface area (Å²) < 4.78 is 0. The molecular weight excluding hydrogens is 212 g/mol. The Hall–Kier alpha value is -0.120. The molecular formula is C14H28N2O. The number of hydrogen-bond acceptors (Lipinski definition) is 3. The van der Waals surface area contributed by atoms with E-state index in [0.29, 0.717) is 12.6 Å². The van der Waals surface area contributed by atoms with Crippen LogP contribution in [-0.2, 0) is 0 Å². The van der Waals surface area contributed by atoms with Crippen molar-refractivity contribution in [3.05, 3.63) is 0 Å². The van der Waals surface area contributed by atoms with Crippen molar-refractivity contribution in [2.24, 2.45) is 5.92 Å². The monoisotopic (exact) mass is 240 g/mol. The Morgan fingerprint density at radius 2 is 2.12 bits per heavy atom. The summed E-state index contributed by atoms with van der Waals surface area (Å²) >= 11 is 0. The molecule has 2 fully saturated rings. The van der Waals surface area contributed by atoms with Crippen LogP contribution in [0, 0.1) is 5.92 Å². The average Bonchev–Trinajstić information content (AvgIpc) is 2.74. The van der Waals surface area contributed by atoms with Gasteiger partial charge in [-0.15, -0.1) is 0 Å². The molecule has 3 unspecified atom stereocenters. The maximum atomic E-state index is 9.11. The first kappa shape index (κ1) is 13.3. The molecule has 1 heterocycles. The molecule has 0 amide bonds. The topological polar surface area (TPSA) is 35.5 Å². The predicted molar refractivity (Wildman–Crippen MR) is 71.1 cm³/mol. The maximum absolute atomic E-state index is 9.11. The summed E-state index contributed by atoms with van der Waals surface area (Å²) in [6.07, 6.45) is 8.02. The van der Waals surface area contributed by atoms with E-state index in [1.807, 2.05) is 0 Å². The minimum absolute atomic E-state index is 0.305. The van der Waals surface area contributed by atoms with Gasteiger partial charge >= 0.3 is 0 Å². The molecule has 0 aromatic carbocycles. The summed E-state index contributed by atoms with van der Waals surface area (Å²) in [7, 11) is 0. The summed E-state index contributed by atoms with van der Waals surface area (Å²) in [6.45, 7) is 5.88. The first-order valence-corrected chi connectivity index (χ1v) is 7.43. The molecule has 0 spiro atoms. The van der Waals surface area contributed by atoms with Gasteiger partial charge in [-0.25, -0.2) is 0 Å². The highest BCUT2D eigenvalue weighted by atomic mass is 16.3. The zero-order valence-electron chi connectivity index (χ0n) is 11.2. The minimum atomic E-state index is 0.305. The standard InChI is InChI=1S/C14H28N2O/c1-2-15-13(8-10-17)11-16-9-7-12-5-3-4-6-14(12)16/h12-15,17H,2-11H2,1H3. The second-order valence-electron chi connectivity index (χ2n) is 5.66. The van der Waals surface area contributed by atoms with Gasteiger partial charge in [-0.3, -0.25) is 4.90 Å². The van der Waals surface area contributed by atoms with E-state index in [0.717, 1.165) is 31.5 Å². The van der Waals surface area contributed by atoms with Gasteiger partial charge in [0.2, 0.25) is 0 Å². The molecule has 1 aliphatic heterocycles. The molecule has 0 radical (unpaired) electrons. The van der Waals surface area contributed by atoms with Crippen molar-refractivity contribution in [2.45, 2.75) is 57.5 Å². The summed E-state index contributed by atoms with van der Waals surface area (Å²) in [5.41, 5.74) is 0. The van der Waals surface area contributed by atoms with Gasteiger partial charge in [0.25, 0.3) is 0 Å². The Morgan fingerprint density at radius 3 is 2.88 bits per heavy atom. The summed E-state index contributed by atoms with van der Waals surface area (Å²) in [5.74, 6) is 0.972. The van der Waals surface area contributed by atoms with Crippen molar-refractivity contribution in [1.29, 1.82) is 0 Å². The lowest BCUT2D eigenvalue weighted by atomic mass is 9.85. The molecule has 17 heavy (non-hydrogen) atoms. The molecule has 1 aliphatic carbocycles. The van der Waals surface area contributed by atoms with Gasteiger partial charge in [-0.1, -0.05) is 19.8 Å². The second kappa shape index (κ2) is 6.72. The third-order valence-corrected chi connectivity index (χ3v) is 4.55. The van der Waals surface area contributed by atoms with Gasteiger partial charge in [0, 0.05) is 25.2 Å². The molecule has 0 bridgehead atoms. The molecule has 3 atom stereocenters. The number of nitrogens with one attached hydrogen (secondary N) is 1. The molecule has 3 nitrogen and oxygen atoms in total. The fourth-order valence-electron chi connectivity index (χ4n) is 3.72. The molecule has 2 N–H and O–H groups in total. The average molecular weight is 240 g/mol. The summed E-state index contributed by atoms with van der Waals surface area (Å²) in [5, 5.41) is 12.6. The van der Waals surface area contributed by atoms with Crippen LogP contribution in [0.2, 0.25) is 0 Å². The van der Waals surface area contributed by atoms with Crippen molar-refractivity contribution >= 4 is 0 Å². The Bertz CT molecular complexity index is 216. The normalized spacial score (nSPS) is 31.4. The fraction of sp³-hybridized carbons (Fsp3) is 1.00. The number of hydrogen-bond donors (Lipinski definition) is 2. The molecule has 2 aliphatic rings. The third-order valence-electron chi connectivity index (χ3n) is 4.55. The largest absolute Gasteiger partial charge is 0.396 e. The van der Waals surface area contributed by atoms with Crippen LogP contribution in [0.4, 0.5) is 0 Å². The predicted octanol–water partition coefficient (Wildman–Crippen LogP) is 1.61. The van der Waals surface area contributed by atoms with E-state index in [9.17, 15) is 0 Å². The first-order valence-electron chi connectivity index (χ1n) is 7.43. The van der Waals surface area contributed by atoms with E-state index in [1.54, 1.807) is 0 Å². The zero-order valence-corrected chi connectivity index (χ0v) is 11.2.